The highest BCUT2D eigenvalue weighted by Crippen LogP contribution is 2.22. The van der Waals surface area contributed by atoms with Crippen molar-refractivity contribution in [1.82, 2.24) is 14.9 Å². The van der Waals surface area contributed by atoms with Crippen molar-refractivity contribution in [1.29, 1.82) is 0 Å². The SMILES string of the molecule is COc1ccc(O)c(CNCc2nccn2C)c1. The third kappa shape index (κ3) is 2.81. The van der Waals surface area contributed by atoms with Gasteiger partial charge in [-0.3, -0.25) is 0 Å². The number of phenolic OH excluding ortho intramolecular Hbond substituents is 1. The Morgan fingerprint density at radius 1 is 1.39 bits per heavy atom. The molecule has 1 aromatic carbocycles. The van der Waals surface area contributed by atoms with Crippen LogP contribution in [0.2, 0.25) is 0 Å². The molecule has 0 atom stereocenters. The average molecular weight is 247 g/mol. The first-order chi connectivity index (χ1) is 8.70. The number of hydrogen-bond donors (Lipinski definition) is 2. The molecule has 0 aliphatic carbocycles. The minimum atomic E-state index is 0.267. The minimum absolute atomic E-state index is 0.267. The Kier molecular flexibility index (Phi) is 3.84. The molecule has 0 radical (unpaired) electrons. The Morgan fingerprint density at radius 2 is 2.22 bits per heavy atom. The van der Waals surface area contributed by atoms with E-state index >= 15 is 0 Å². The zero-order valence-electron chi connectivity index (χ0n) is 10.6. The lowest BCUT2D eigenvalue weighted by Crippen LogP contribution is -2.15. The van der Waals surface area contributed by atoms with Crippen molar-refractivity contribution in [3.05, 3.63) is 42.0 Å². The van der Waals surface area contributed by atoms with E-state index in [1.54, 1.807) is 25.4 Å². The molecule has 0 aliphatic heterocycles. The first-order valence-electron chi connectivity index (χ1n) is 5.73. The predicted molar refractivity (Wildman–Crippen MR) is 68.4 cm³/mol. The Hall–Kier alpha value is -2.01. The maximum Gasteiger partial charge on any atom is 0.122 e. The number of rotatable bonds is 5. The summed E-state index contributed by atoms with van der Waals surface area (Å²) < 4.78 is 7.08. The first-order valence-corrected chi connectivity index (χ1v) is 5.73. The summed E-state index contributed by atoms with van der Waals surface area (Å²) in [6, 6.07) is 5.19. The molecule has 2 aromatic rings. The molecule has 5 heteroatoms. The monoisotopic (exact) mass is 247 g/mol. The molecule has 96 valence electrons. The first kappa shape index (κ1) is 12.4. The third-order valence-electron chi connectivity index (χ3n) is 2.81. The Balaban J connectivity index is 1.96. The van der Waals surface area contributed by atoms with Crippen LogP contribution in [0.4, 0.5) is 0 Å². The number of ether oxygens (including phenoxy) is 1. The number of methoxy groups -OCH3 is 1. The molecule has 0 spiro atoms. The van der Waals surface area contributed by atoms with Gasteiger partial charge in [0.1, 0.15) is 17.3 Å². The van der Waals surface area contributed by atoms with Gasteiger partial charge >= 0.3 is 0 Å². The number of aromatic nitrogens is 2. The zero-order valence-corrected chi connectivity index (χ0v) is 10.6. The van der Waals surface area contributed by atoms with Crippen molar-refractivity contribution in [2.45, 2.75) is 13.1 Å². The summed E-state index contributed by atoms with van der Waals surface area (Å²) in [5.41, 5.74) is 0.809. The minimum Gasteiger partial charge on any atom is -0.508 e. The van der Waals surface area contributed by atoms with Crippen LogP contribution in [0.3, 0.4) is 0 Å². The molecule has 5 nitrogen and oxygen atoms in total. The lowest BCUT2D eigenvalue weighted by Gasteiger charge is -2.08. The van der Waals surface area contributed by atoms with Crippen molar-refractivity contribution in [3.8, 4) is 11.5 Å². The van der Waals surface area contributed by atoms with E-state index in [-0.39, 0.29) is 5.75 Å². The molecule has 2 rings (SSSR count). The summed E-state index contributed by atoms with van der Waals surface area (Å²) in [5.74, 6) is 1.96. The van der Waals surface area contributed by atoms with Gasteiger partial charge in [0.25, 0.3) is 0 Å². The van der Waals surface area contributed by atoms with Crippen molar-refractivity contribution < 1.29 is 9.84 Å². The molecule has 1 heterocycles. The fourth-order valence-electron chi connectivity index (χ4n) is 1.71. The average Bonchev–Trinajstić information content (AvgIpc) is 2.77. The van der Waals surface area contributed by atoms with Crippen LogP contribution in [0.15, 0.2) is 30.6 Å². The highest BCUT2D eigenvalue weighted by atomic mass is 16.5. The number of nitrogens with zero attached hydrogens (tertiary/aromatic N) is 2. The smallest absolute Gasteiger partial charge is 0.122 e. The highest BCUT2D eigenvalue weighted by Gasteiger charge is 2.04. The molecule has 0 fully saturated rings. The summed E-state index contributed by atoms with van der Waals surface area (Å²) in [4.78, 5) is 4.22. The fourth-order valence-corrected chi connectivity index (χ4v) is 1.71. The molecule has 1 aromatic heterocycles. The topological polar surface area (TPSA) is 59.3 Å². The van der Waals surface area contributed by atoms with Crippen molar-refractivity contribution in [3.63, 3.8) is 0 Å². The normalized spacial score (nSPS) is 10.6. The van der Waals surface area contributed by atoms with E-state index in [1.807, 2.05) is 23.9 Å². The molecule has 0 bridgehead atoms. The third-order valence-corrected chi connectivity index (χ3v) is 2.81. The Bertz CT molecular complexity index is 523. The van der Waals surface area contributed by atoms with E-state index in [0.29, 0.717) is 13.1 Å². The van der Waals surface area contributed by atoms with Gasteiger partial charge in [-0.25, -0.2) is 4.98 Å². The lowest BCUT2D eigenvalue weighted by molar-refractivity contribution is 0.410. The molecule has 0 saturated carbocycles. The lowest BCUT2D eigenvalue weighted by atomic mass is 10.2. The van der Waals surface area contributed by atoms with E-state index < -0.39 is 0 Å². The quantitative estimate of drug-likeness (QED) is 0.839. The number of benzene rings is 1. The van der Waals surface area contributed by atoms with E-state index in [2.05, 4.69) is 10.3 Å². The molecule has 18 heavy (non-hydrogen) atoms. The van der Waals surface area contributed by atoms with Crippen LogP contribution in [0.5, 0.6) is 11.5 Å². The van der Waals surface area contributed by atoms with Gasteiger partial charge in [0.2, 0.25) is 0 Å². The van der Waals surface area contributed by atoms with Crippen LogP contribution >= 0.6 is 0 Å². The second-order valence-electron chi connectivity index (χ2n) is 4.05. The Labute approximate surface area is 106 Å². The van der Waals surface area contributed by atoms with Gasteiger partial charge in [-0.2, -0.15) is 0 Å². The molecule has 2 N–H and O–H groups in total. The van der Waals surface area contributed by atoms with E-state index in [0.717, 1.165) is 17.1 Å². The van der Waals surface area contributed by atoms with Gasteiger partial charge in [0.05, 0.1) is 13.7 Å². The van der Waals surface area contributed by atoms with Crippen molar-refractivity contribution in [2.75, 3.05) is 7.11 Å². The number of aromatic hydroxyl groups is 1. The number of nitrogens with one attached hydrogen (secondary N) is 1. The van der Waals surface area contributed by atoms with Crippen molar-refractivity contribution in [2.24, 2.45) is 7.05 Å². The second-order valence-corrected chi connectivity index (χ2v) is 4.05. The van der Waals surface area contributed by atoms with Crippen LogP contribution in [0, 0.1) is 0 Å². The summed E-state index contributed by atoms with van der Waals surface area (Å²) in [6.07, 6.45) is 3.67. The van der Waals surface area contributed by atoms with Gasteiger partial charge in [0.15, 0.2) is 0 Å². The predicted octanol–water partition coefficient (Wildman–Crippen LogP) is 1.42. The van der Waals surface area contributed by atoms with E-state index in [9.17, 15) is 5.11 Å². The maximum atomic E-state index is 9.73. The van der Waals surface area contributed by atoms with Crippen molar-refractivity contribution >= 4 is 0 Å². The summed E-state index contributed by atoms with van der Waals surface area (Å²) in [7, 11) is 3.56. The van der Waals surface area contributed by atoms with Gasteiger partial charge < -0.3 is 19.7 Å². The molecular weight excluding hydrogens is 230 g/mol. The summed E-state index contributed by atoms with van der Waals surface area (Å²) >= 11 is 0. The van der Waals surface area contributed by atoms with Gasteiger partial charge in [-0.1, -0.05) is 0 Å². The van der Waals surface area contributed by atoms with Gasteiger partial charge in [0, 0.05) is 31.5 Å². The van der Waals surface area contributed by atoms with Crippen LogP contribution in [-0.2, 0) is 20.1 Å². The standard InChI is InChI=1S/C13H17N3O2/c1-16-6-5-15-13(16)9-14-8-10-7-11(18-2)3-4-12(10)17/h3-7,14,17H,8-9H2,1-2H3. The molecule has 0 amide bonds. The van der Waals surface area contributed by atoms with Crippen LogP contribution < -0.4 is 10.1 Å². The van der Waals surface area contributed by atoms with Gasteiger partial charge in [-0.05, 0) is 18.2 Å². The summed E-state index contributed by atoms with van der Waals surface area (Å²) in [6.45, 7) is 1.22. The fraction of sp³-hybridized carbons (Fsp3) is 0.308. The maximum absolute atomic E-state index is 9.73. The highest BCUT2D eigenvalue weighted by molar-refractivity contribution is 5.39. The van der Waals surface area contributed by atoms with Crippen LogP contribution in [0.25, 0.3) is 0 Å². The van der Waals surface area contributed by atoms with Gasteiger partial charge in [-0.15, -0.1) is 0 Å². The molecule has 0 saturated heterocycles. The van der Waals surface area contributed by atoms with E-state index in [1.165, 1.54) is 0 Å². The van der Waals surface area contributed by atoms with E-state index in [4.69, 9.17) is 4.74 Å². The summed E-state index contributed by atoms with van der Waals surface area (Å²) in [5, 5.41) is 13.0. The number of hydrogen-bond acceptors (Lipinski definition) is 4. The Morgan fingerprint density at radius 3 is 2.89 bits per heavy atom. The van der Waals surface area contributed by atoms with Crippen LogP contribution in [0.1, 0.15) is 11.4 Å². The number of imidazole rings is 1. The molecule has 0 unspecified atom stereocenters. The van der Waals surface area contributed by atoms with Crippen LogP contribution in [-0.4, -0.2) is 21.8 Å². The molecular formula is C13H17N3O2. The number of aryl methyl sites for hydroxylation is 1. The largest absolute Gasteiger partial charge is 0.508 e. The second kappa shape index (κ2) is 5.55. The number of phenols is 1. The molecule has 0 aliphatic rings. The zero-order chi connectivity index (χ0) is 13.0.